The van der Waals surface area contributed by atoms with Crippen molar-refractivity contribution in [1.82, 2.24) is 15.5 Å². The van der Waals surface area contributed by atoms with E-state index in [-0.39, 0.29) is 29.2 Å². The predicted molar refractivity (Wildman–Crippen MR) is 105 cm³/mol. The minimum Gasteiger partial charge on any atom is -0.354 e. The molecule has 1 aromatic rings. The maximum Gasteiger partial charge on any atom is 0.253 e. The van der Waals surface area contributed by atoms with Gasteiger partial charge in [0, 0.05) is 31.7 Å². The molecular weight excluding hydrogens is 358 g/mol. The van der Waals surface area contributed by atoms with Crippen LogP contribution in [0.25, 0.3) is 0 Å². The fraction of sp³-hybridized carbons (Fsp3) is 0.471. The first-order chi connectivity index (χ1) is 12.0. The van der Waals surface area contributed by atoms with E-state index in [0.717, 1.165) is 12.0 Å². The highest BCUT2D eigenvalue weighted by atomic mass is 32.1. The number of carbonyl (C=O) groups is 3. The molecule has 3 amide bonds. The molecule has 25 heavy (non-hydrogen) atoms. The standard InChI is InChI=1S/C17H25N3O3S2/c1-2-13-3-5-14(6-4-13)17(23)20(9-7-18-15(21)11-24)10-8-19-16(22)12-25/h3-6,24-25H,2,7-12H2,1H3,(H,18,21)(H,19,22). The van der Waals surface area contributed by atoms with E-state index in [1.807, 2.05) is 12.1 Å². The molecule has 0 aromatic heterocycles. The van der Waals surface area contributed by atoms with Crippen molar-refractivity contribution < 1.29 is 14.4 Å². The third kappa shape index (κ3) is 7.83. The summed E-state index contributed by atoms with van der Waals surface area (Å²) >= 11 is 7.80. The average Bonchev–Trinajstić information content (AvgIpc) is 2.65. The Hall–Kier alpha value is -1.67. The van der Waals surface area contributed by atoms with Crippen LogP contribution < -0.4 is 10.6 Å². The lowest BCUT2D eigenvalue weighted by Crippen LogP contribution is -2.43. The molecule has 0 spiro atoms. The number of nitrogens with zero attached hydrogens (tertiary/aromatic N) is 1. The number of amides is 3. The van der Waals surface area contributed by atoms with Crippen molar-refractivity contribution in [3.8, 4) is 0 Å². The topological polar surface area (TPSA) is 78.5 Å². The van der Waals surface area contributed by atoms with Gasteiger partial charge in [0.05, 0.1) is 11.5 Å². The highest BCUT2D eigenvalue weighted by Gasteiger charge is 2.16. The lowest BCUT2D eigenvalue weighted by atomic mass is 10.1. The van der Waals surface area contributed by atoms with Gasteiger partial charge in [-0.05, 0) is 24.1 Å². The fourth-order valence-corrected chi connectivity index (χ4v) is 2.38. The van der Waals surface area contributed by atoms with Crippen molar-refractivity contribution in [2.24, 2.45) is 0 Å². The maximum absolute atomic E-state index is 12.7. The van der Waals surface area contributed by atoms with Crippen LogP contribution in [0.5, 0.6) is 0 Å². The molecule has 0 radical (unpaired) electrons. The van der Waals surface area contributed by atoms with E-state index in [1.54, 1.807) is 17.0 Å². The number of thiol groups is 2. The van der Waals surface area contributed by atoms with Crippen LogP contribution in [0.2, 0.25) is 0 Å². The largest absolute Gasteiger partial charge is 0.354 e. The summed E-state index contributed by atoms with van der Waals surface area (Å²) in [5, 5.41) is 5.38. The summed E-state index contributed by atoms with van der Waals surface area (Å²) in [5.41, 5.74) is 1.74. The number of nitrogens with one attached hydrogen (secondary N) is 2. The van der Waals surface area contributed by atoms with Crippen LogP contribution in [0.15, 0.2) is 24.3 Å². The van der Waals surface area contributed by atoms with E-state index in [9.17, 15) is 14.4 Å². The molecule has 0 bridgehead atoms. The van der Waals surface area contributed by atoms with Crippen LogP contribution in [0.1, 0.15) is 22.8 Å². The first-order valence-corrected chi connectivity index (χ1v) is 9.41. The summed E-state index contributed by atoms with van der Waals surface area (Å²) in [6, 6.07) is 7.45. The molecule has 0 heterocycles. The van der Waals surface area contributed by atoms with Crippen LogP contribution in [0, 0.1) is 0 Å². The van der Waals surface area contributed by atoms with Crippen molar-refractivity contribution in [1.29, 1.82) is 0 Å². The van der Waals surface area contributed by atoms with Gasteiger partial charge in [-0.15, -0.1) is 0 Å². The zero-order valence-electron chi connectivity index (χ0n) is 14.3. The van der Waals surface area contributed by atoms with Gasteiger partial charge in [0.2, 0.25) is 11.8 Å². The molecule has 0 aliphatic rings. The van der Waals surface area contributed by atoms with Gasteiger partial charge in [-0.2, -0.15) is 25.3 Å². The number of hydrogen-bond acceptors (Lipinski definition) is 5. The van der Waals surface area contributed by atoms with Crippen LogP contribution in [-0.2, 0) is 16.0 Å². The summed E-state index contributed by atoms with van der Waals surface area (Å²) in [5.74, 6) is -0.310. The van der Waals surface area contributed by atoms with E-state index in [0.29, 0.717) is 31.7 Å². The molecule has 1 rings (SSSR count). The SMILES string of the molecule is CCc1ccc(C(=O)N(CCNC(=O)CS)CCNC(=O)CS)cc1. The lowest BCUT2D eigenvalue weighted by molar-refractivity contribution is -0.119. The van der Waals surface area contributed by atoms with Gasteiger partial charge in [-0.1, -0.05) is 19.1 Å². The zero-order valence-corrected chi connectivity index (χ0v) is 16.1. The van der Waals surface area contributed by atoms with Crippen LogP contribution >= 0.6 is 25.3 Å². The fourth-order valence-electron chi connectivity index (χ4n) is 2.15. The van der Waals surface area contributed by atoms with Gasteiger partial charge in [0.15, 0.2) is 0 Å². The van der Waals surface area contributed by atoms with Gasteiger partial charge in [0.1, 0.15) is 0 Å². The Morgan fingerprint density at radius 2 is 1.40 bits per heavy atom. The van der Waals surface area contributed by atoms with Gasteiger partial charge in [0.25, 0.3) is 5.91 Å². The summed E-state index contributed by atoms with van der Waals surface area (Å²) < 4.78 is 0. The first-order valence-electron chi connectivity index (χ1n) is 8.15. The first kappa shape index (κ1) is 21.4. The van der Waals surface area contributed by atoms with Crippen molar-refractivity contribution in [2.75, 3.05) is 37.7 Å². The zero-order chi connectivity index (χ0) is 18.7. The van der Waals surface area contributed by atoms with E-state index in [4.69, 9.17) is 0 Å². The summed E-state index contributed by atoms with van der Waals surface area (Å²) in [6.07, 6.45) is 0.906. The van der Waals surface area contributed by atoms with Crippen LogP contribution in [-0.4, -0.2) is 60.3 Å². The molecule has 0 fully saturated rings. The predicted octanol–water partition coefficient (Wildman–Crippen LogP) is 0.783. The molecule has 138 valence electrons. The molecule has 2 N–H and O–H groups in total. The molecule has 0 aliphatic carbocycles. The molecular formula is C17H25N3O3S2. The minimum absolute atomic E-state index is 0.102. The van der Waals surface area contributed by atoms with E-state index in [1.165, 1.54) is 0 Å². The Labute approximate surface area is 159 Å². The quantitative estimate of drug-likeness (QED) is 0.451. The Bertz CT molecular complexity index is 557. The molecule has 0 aliphatic heterocycles. The second-order valence-electron chi connectivity index (χ2n) is 5.36. The van der Waals surface area contributed by atoms with Crippen LogP contribution in [0.3, 0.4) is 0 Å². The third-order valence-corrected chi connectivity index (χ3v) is 4.17. The van der Waals surface area contributed by atoms with Gasteiger partial charge in [-0.3, -0.25) is 14.4 Å². The Balaban J connectivity index is 2.70. The second kappa shape index (κ2) is 11.8. The van der Waals surface area contributed by atoms with Crippen molar-refractivity contribution in [3.05, 3.63) is 35.4 Å². The van der Waals surface area contributed by atoms with Crippen molar-refractivity contribution >= 4 is 43.0 Å². The Morgan fingerprint density at radius 3 is 1.80 bits per heavy atom. The molecule has 8 heteroatoms. The number of rotatable bonds is 10. The smallest absolute Gasteiger partial charge is 0.253 e. The van der Waals surface area contributed by atoms with Crippen molar-refractivity contribution in [2.45, 2.75) is 13.3 Å². The van der Waals surface area contributed by atoms with E-state index >= 15 is 0 Å². The summed E-state index contributed by atoms with van der Waals surface area (Å²) in [4.78, 5) is 36.9. The third-order valence-electron chi connectivity index (χ3n) is 3.59. The van der Waals surface area contributed by atoms with Crippen LogP contribution in [0.4, 0.5) is 0 Å². The normalized spacial score (nSPS) is 10.2. The van der Waals surface area contributed by atoms with E-state index < -0.39 is 0 Å². The lowest BCUT2D eigenvalue weighted by Gasteiger charge is -2.23. The number of hydrogen-bond donors (Lipinski definition) is 4. The van der Waals surface area contributed by atoms with Gasteiger partial charge < -0.3 is 15.5 Å². The number of aryl methyl sites for hydroxylation is 1. The average molecular weight is 384 g/mol. The molecule has 0 unspecified atom stereocenters. The molecule has 0 saturated carbocycles. The Morgan fingerprint density at radius 1 is 0.920 bits per heavy atom. The number of carbonyl (C=O) groups excluding carboxylic acids is 3. The molecule has 0 saturated heterocycles. The monoisotopic (exact) mass is 383 g/mol. The highest BCUT2D eigenvalue weighted by molar-refractivity contribution is 7.81. The van der Waals surface area contributed by atoms with Gasteiger partial charge in [-0.25, -0.2) is 0 Å². The number of benzene rings is 1. The molecule has 0 atom stereocenters. The summed E-state index contributed by atoms with van der Waals surface area (Å²) in [6.45, 7) is 3.42. The minimum atomic E-state index is -0.189. The van der Waals surface area contributed by atoms with Gasteiger partial charge >= 0.3 is 0 Å². The molecule has 1 aromatic carbocycles. The maximum atomic E-state index is 12.7. The van der Waals surface area contributed by atoms with E-state index in [2.05, 4.69) is 42.8 Å². The summed E-state index contributed by atoms with van der Waals surface area (Å²) in [7, 11) is 0. The Kier molecular flexibility index (Phi) is 10.1. The molecule has 6 nitrogen and oxygen atoms in total. The highest BCUT2D eigenvalue weighted by Crippen LogP contribution is 2.08. The van der Waals surface area contributed by atoms with Crippen molar-refractivity contribution in [3.63, 3.8) is 0 Å². The second-order valence-corrected chi connectivity index (χ2v) is 5.99.